The number of hydrogen-bond acceptors (Lipinski definition) is 4. The monoisotopic (exact) mass is 384 g/mol. The van der Waals surface area contributed by atoms with Crippen LogP contribution in [0.1, 0.15) is 41.2 Å². The molecule has 0 saturated heterocycles. The molecule has 1 aromatic heterocycles. The number of carbonyl (C=O) groups excluding carboxylic acids is 2. The topological polar surface area (TPSA) is 76.0 Å². The quantitative estimate of drug-likeness (QED) is 0.711. The second-order valence-electron chi connectivity index (χ2n) is 7.28. The highest BCUT2D eigenvalue weighted by molar-refractivity contribution is 6.08. The third-order valence-electron chi connectivity index (χ3n) is 5.43. The summed E-state index contributed by atoms with van der Waals surface area (Å²) in [6.07, 6.45) is 3.71. The molecule has 0 unspecified atom stereocenters. The van der Waals surface area contributed by atoms with E-state index in [0.29, 0.717) is 17.8 Å². The molecule has 1 aliphatic heterocycles. The molecule has 0 radical (unpaired) electrons. The number of nitrogens with zero attached hydrogens (tertiary/aromatic N) is 2. The van der Waals surface area contributed by atoms with Crippen molar-refractivity contribution in [1.82, 2.24) is 9.78 Å². The Morgan fingerprint density at radius 1 is 1.03 bits per heavy atom. The molecule has 2 heterocycles. The van der Waals surface area contributed by atoms with Crippen LogP contribution in [0.4, 0.5) is 11.5 Å². The molecule has 1 amide bonds. The van der Waals surface area contributed by atoms with Crippen molar-refractivity contribution in [3.63, 3.8) is 0 Å². The summed E-state index contributed by atoms with van der Waals surface area (Å²) in [7, 11) is 0. The molecule has 0 fully saturated rings. The van der Waals surface area contributed by atoms with E-state index in [1.807, 2.05) is 60.7 Å². The highest BCUT2D eigenvalue weighted by atomic mass is 16.1. The van der Waals surface area contributed by atoms with Crippen LogP contribution in [0.3, 0.4) is 0 Å². The fraction of sp³-hybridized carbons (Fsp3) is 0.174. The molecule has 0 spiro atoms. The van der Waals surface area contributed by atoms with Crippen LogP contribution in [0.2, 0.25) is 0 Å². The van der Waals surface area contributed by atoms with Gasteiger partial charge in [-0.15, -0.1) is 0 Å². The minimum atomic E-state index is -0.325. The Bertz CT molecular complexity index is 1120. The minimum absolute atomic E-state index is 0.143. The van der Waals surface area contributed by atoms with Crippen molar-refractivity contribution in [2.24, 2.45) is 0 Å². The van der Waals surface area contributed by atoms with Gasteiger partial charge in [-0.2, -0.15) is 5.10 Å². The number of aromatic nitrogens is 2. The number of ketones is 1. The van der Waals surface area contributed by atoms with Crippen molar-refractivity contribution in [3.05, 3.63) is 89.3 Å². The van der Waals surface area contributed by atoms with Crippen LogP contribution < -0.4 is 10.6 Å². The maximum absolute atomic E-state index is 12.9. The molecule has 6 nitrogen and oxygen atoms in total. The highest BCUT2D eigenvalue weighted by Crippen LogP contribution is 2.41. The zero-order chi connectivity index (χ0) is 19.8. The van der Waals surface area contributed by atoms with Gasteiger partial charge in [0.15, 0.2) is 5.78 Å². The van der Waals surface area contributed by atoms with Crippen LogP contribution in [0.15, 0.2) is 78.1 Å². The van der Waals surface area contributed by atoms with Gasteiger partial charge in [0.25, 0.3) is 5.91 Å². The van der Waals surface area contributed by atoms with E-state index in [9.17, 15) is 9.59 Å². The number of Topliss-reactive ketones (excluding diaryl/α,β-unsaturated/α-hetero) is 1. The molecule has 2 aromatic carbocycles. The number of carbonyl (C=O) groups is 2. The number of fused-ring (bicyclic) bond motifs is 1. The first-order chi connectivity index (χ1) is 14.2. The number of allylic oxidation sites excluding steroid dienone is 2. The third kappa shape index (κ3) is 3.02. The SMILES string of the molecule is O=C1CCCC2=C1[C@@H](c1ccccc1)n1ncc(C(=O)Nc3ccccc3)c1N2. The number of amides is 1. The molecule has 144 valence electrons. The first-order valence-corrected chi connectivity index (χ1v) is 9.74. The van der Waals surface area contributed by atoms with Gasteiger partial charge in [-0.1, -0.05) is 48.5 Å². The van der Waals surface area contributed by atoms with Crippen molar-refractivity contribution < 1.29 is 9.59 Å². The summed E-state index contributed by atoms with van der Waals surface area (Å²) in [6.45, 7) is 0. The van der Waals surface area contributed by atoms with Crippen molar-refractivity contribution in [2.45, 2.75) is 25.3 Å². The Kier molecular flexibility index (Phi) is 4.24. The van der Waals surface area contributed by atoms with E-state index < -0.39 is 0 Å². The normalized spacial score (nSPS) is 17.9. The van der Waals surface area contributed by atoms with E-state index in [1.165, 1.54) is 0 Å². The summed E-state index contributed by atoms with van der Waals surface area (Å²) in [5.41, 5.74) is 3.82. The molecule has 0 saturated carbocycles. The van der Waals surface area contributed by atoms with Gasteiger partial charge in [0, 0.05) is 23.4 Å². The fourth-order valence-electron chi connectivity index (χ4n) is 4.09. The van der Waals surface area contributed by atoms with E-state index in [0.717, 1.165) is 35.4 Å². The van der Waals surface area contributed by atoms with Gasteiger partial charge in [0.05, 0.1) is 6.20 Å². The summed E-state index contributed by atoms with van der Waals surface area (Å²) in [5, 5.41) is 10.8. The second kappa shape index (κ2) is 7.05. The van der Waals surface area contributed by atoms with Gasteiger partial charge in [-0.25, -0.2) is 4.68 Å². The first-order valence-electron chi connectivity index (χ1n) is 9.74. The Morgan fingerprint density at radius 3 is 2.52 bits per heavy atom. The molecule has 1 atom stereocenters. The van der Waals surface area contributed by atoms with Crippen LogP contribution in [0.25, 0.3) is 0 Å². The predicted molar refractivity (Wildman–Crippen MR) is 111 cm³/mol. The van der Waals surface area contributed by atoms with Crippen LogP contribution in [-0.2, 0) is 4.79 Å². The highest BCUT2D eigenvalue weighted by Gasteiger charge is 2.37. The van der Waals surface area contributed by atoms with Crippen LogP contribution in [0.5, 0.6) is 0 Å². The van der Waals surface area contributed by atoms with Gasteiger partial charge in [-0.3, -0.25) is 9.59 Å². The Morgan fingerprint density at radius 2 is 1.76 bits per heavy atom. The third-order valence-corrected chi connectivity index (χ3v) is 5.43. The molecule has 1 aliphatic carbocycles. The Hall–Kier alpha value is -3.67. The predicted octanol–water partition coefficient (Wildman–Crippen LogP) is 4.16. The molecule has 6 heteroatoms. The van der Waals surface area contributed by atoms with Crippen molar-refractivity contribution in [2.75, 3.05) is 10.6 Å². The lowest BCUT2D eigenvalue weighted by Gasteiger charge is -2.33. The summed E-state index contributed by atoms with van der Waals surface area (Å²) in [5.74, 6) is 0.535. The molecule has 2 N–H and O–H groups in total. The molecule has 2 aliphatic rings. The van der Waals surface area contributed by atoms with Crippen LogP contribution in [-0.4, -0.2) is 21.5 Å². The van der Waals surface area contributed by atoms with E-state index in [1.54, 1.807) is 10.9 Å². The average Bonchev–Trinajstić information content (AvgIpc) is 3.17. The Balaban J connectivity index is 1.58. The largest absolute Gasteiger partial charge is 0.343 e. The zero-order valence-electron chi connectivity index (χ0n) is 15.8. The number of benzene rings is 2. The lowest BCUT2D eigenvalue weighted by atomic mass is 9.85. The lowest BCUT2D eigenvalue weighted by Crippen LogP contribution is -2.32. The first kappa shape index (κ1) is 17.4. The summed E-state index contributed by atoms with van der Waals surface area (Å²) < 4.78 is 1.76. The van der Waals surface area contributed by atoms with E-state index in [4.69, 9.17) is 0 Å². The number of rotatable bonds is 3. The molecule has 5 rings (SSSR count). The molecular weight excluding hydrogens is 364 g/mol. The number of nitrogens with one attached hydrogen (secondary N) is 2. The van der Waals surface area contributed by atoms with E-state index in [-0.39, 0.29) is 17.7 Å². The molecule has 29 heavy (non-hydrogen) atoms. The van der Waals surface area contributed by atoms with Gasteiger partial charge >= 0.3 is 0 Å². The fourth-order valence-corrected chi connectivity index (χ4v) is 4.09. The van der Waals surface area contributed by atoms with Crippen molar-refractivity contribution in [3.8, 4) is 0 Å². The Labute approximate surface area is 168 Å². The maximum Gasteiger partial charge on any atom is 0.261 e. The standard InChI is InChI=1S/C23H20N4O2/c28-19-13-7-12-18-20(19)21(15-8-3-1-4-9-15)27-22(26-18)17(14-24-27)23(29)25-16-10-5-2-6-11-16/h1-6,8-11,14,21,26H,7,12-13H2,(H,25,29)/t21-/m1/s1. The smallest absolute Gasteiger partial charge is 0.261 e. The van der Waals surface area contributed by atoms with Crippen LogP contribution >= 0.6 is 0 Å². The summed E-state index contributed by atoms with van der Waals surface area (Å²) >= 11 is 0. The minimum Gasteiger partial charge on any atom is -0.343 e. The number of anilines is 2. The van der Waals surface area contributed by atoms with Crippen molar-refractivity contribution in [1.29, 1.82) is 0 Å². The van der Waals surface area contributed by atoms with E-state index in [2.05, 4.69) is 15.7 Å². The van der Waals surface area contributed by atoms with E-state index >= 15 is 0 Å². The van der Waals surface area contributed by atoms with Crippen molar-refractivity contribution >= 4 is 23.2 Å². The molecular formula is C23H20N4O2. The maximum atomic E-state index is 12.9. The van der Waals surface area contributed by atoms with Gasteiger partial charge < -0.3 is 10.6 Å². The number of hydrogen-bond donors (Lipinski definition) is 2. The lowest BCUT2D eigenvalue weighted by molar-refractivity contribution is -0.116. The van der Waals surface area contributed by atoms with Gasteiger partial charge in [0.1, 0.15) is 17.4 Å². The second-order valence-corrected chi connectivity index (χ2v) is 7.28. The van der Waals surface area contributed by atoms with Gasteiger partial charge in [0.2, 0.25) is 0 Å². The van der Waals surface area contributed by atoms with Crippen LogP contribution in [0, 0.1) is 0 Å². The van der Waals surface area contributed by atoms with Gasteiger partial charge in [-0.05, 0) is 30.5 Å². The molecule has 3 aromatic rings. The number of para-hydroxylation sites is 1. The summed E-state index contributed by atoms with van der Waals surface area (Å²) in [6, 6.07) is 18.9. The molecule has 0 bridgehead atoms. The zero-order valence-corrected chi connectivity index (χ0v) is 15.8. The average molecular weight is 384 g/mol. The summed E-state index contributed by atoms with van der Waals surface area (Å²) in [4.78, 5) is 25.7.